The summed E-state index contributed by atoms with van der Waals surface area (Å²) >= 11 is 0. The van der Waals surface area contributed by atoms with Crippen molar-refractivity contribution in [1.29, 1.82) is 0 Å². The van der Waals surface area contributed by atoms with Gasteiger partial charge in [0.15, 0.2) is 0 Å². The molecule has 1 saturated carbocycles. The van der Waals surface area contributed by atoms with Crippen molar-refractivity contribution in [1.82, 2.24) is 0 Å². The number of halogens is 1. The molecule has 0 saturated heterocycles. The summed E-state index contributed by atoms with van der Waals surface area (Å²) < 4.78 is 0. The summed E-state index contributed by atoms with van der Waals surface area (Å²) in [6, 6.07) is 7.88. The van der Waals surface area contributed by atoms with Crippen LogP contribution in [0, 0.1) is 0 Å². The largest absolute Gasteiger partial charge is 0.324 e. The van der Waals surface area contributed by atoms with Crippen LogP contribution in [0.4, 0.5) is 5.69 Å². The van der Waals surface area contributed by atoms with Gasteiger partial charge < -0.3 is 11.1 Å². The second-order valence-corrected chi connectivity index (χ2v) is 4.16. The van der Waals surface area contributed by atoms with Crippen molar-refractivity contribution >= 4 is 24.0 Å². The van der Waals surface area contributed by atoms with Crippen molar-refractivity contribution in [2.24, 2.45) is 5.73 Å². The van der Waals surface area contributed by atoms with Crippen LogP contribution in [-0.4, -0.2) is 11.4 Å². The van der Waals surface area contributed by atoms with E-state index >= 15 is 0 Å². The highest BCUT2D eigenvalue weighted by molar-refractivity contribution is 6.00. The summed E-state index contributed by atoms with van der Waals surface area (Å²) in [5, 5.41) is 2.86. The Balaban J connectivity index is 0.00000128. The van der Waals surface area contributed by atoms with Crippen LogP contribution in [-0.2, 0) is 11.2 Å². The second-order valence-electron chi connectivity index (χ2n) is 4.16. The lowest BCUT2D eigenvalue weighted by molar-refractivity contribution is -0.118. The Morgan fingerprint density at radius 2 is 2.19 bits per heavy atom. The fourth-order valence-electron chi connectivity index (χ4n) is 1.49. The standard InChI is InChI=1S/C12H16N2O.ClH/c1-2-9-4-3-5-10(8-9)14-11(15)12(13)6-7-12;/h3-5,8H,2,6-7,13H2,1H3,(H,14,15);1H. The second kappa shape index (κ2) is 4.85. The predicted octanol–water partition coefficient (Wildman–Crippen LogP) is 2.10. The summed E-state index contributed by atoms with van der Waals surface area (Å²) in [6.07, 6.45) is 2.57. The van der Waals surface area contributed by atoms with Gasteiger partial charge in [0, 0.05) is 5.69 Å². The van der Waals surface area contributed by atoms with Gasteiger partial charge in [0.05, 0.1) is 5.54 Å². The number of hydrogen-bond acceptors (Lipinski definition) is 2. The third-order valence-electron chi connectivity index (χ3n) is 2.83. The van der Waals surface area contributed by atoms with E-state index in [4.69, 9.17) is 5.73 Å². The van der Waals surface area contributed by atoms with E-state index < -0.39 is 5.54 Å². The van der Waals surface area contributed by atoms with Crippen LogP contribution in [0.3, 0.4) is 0 Å². The fraction of sp³-hybridized carbons (Fsp3) is 0.417. The summed E-state index contributed by atoms with van der Waals surface area (Å²) in [5.41, 5.74) is 7.26. The predicted molar refractivity (Wildman–Crippen MR) is 67.9 cm³/mol. The maximum atomic E-state index is 11.7. The highest BCUT2D eigenvalue weighted by Gasteiger charge is 2.45. The topological polar surface area (TPSA) is 55.1 Å². The third-order valence-corrected chi connectivity index (χ3v) is 2.83. The molecular weight excluding hydrogens is 224 g/mol. The summed E-state index contributed by atoms with van der Waals surface area (Å²) in [4.78, 5) is 11.7. The molecule has 0 aromatic heterocycles. The number of aryl methyl sites for hydroxylation is 1. The number of rotatable bonds is 3. The number of carbonyl (C=O) groups is 1. The normalized spacial score (nSPS) is 16.1. The molecule has 88 valence electrons. The van der Waals surface area contributed by atoms with E-state index in [1.54, 1.807) is 0 Å². The fourth-order valence-corrected chi connectivity index (χ4v) is 1.49. The molecule has 1 amide bonds. The lowest BCUT2D eigenvalue weighted by Gasteiger charge is -2.10. The van der Waals surface area contributed by atoms with Gasteiger partial charge >= 0.3 is 0 Å². The van der Waals surface area contributed by atoms with Gasteiger partial charge in [-0.3, -0.25) is 4.79 Å². The molecule has 0 atom stereocenters. The first-order chi connectivity index (χ1) is 7.14. The third kappa shape index (κ3) is 2.74. The number of nitrogens with two attached hydrogens (primary N) is 1. The Hall–Kier alpha value is -1.06. The molecule has 0 heterocycles. The molecular formula is C12H17ClN2O. The zero-order valence-corrected chi connectivity index (χ0v) is 10.1. The molecule has 0 unspecified atom stereocenters. The number of amides is 1. The van der Waals surface area contributed by atoms with Gasteiger partial charge in [-0.2, -0.15) is 0 Å². The smallest absolute Gasteiger partial charge is 0.244 e. The van der Waals surface area contributed by atoms with E-state index in [0.29, 0.717) is 0 Å². The zero-order valence-electron chi connectivity index (χ0n) is 9.32. The lowest BCUT2D eigenvalue weighted by Crippen LogP contribution is -2.37. The van der Waals surface area contributed by atoms with Crippen molar-refractivity contribution in [3.8, 4) is 0 Å². The molecule has 3 N–H and O–H groups in total. The number of nitrogens with one attached hydrogen (secondary N) is 1. The van der Waals surface area contributed by atoms with Crippen molar-refractivity contribution in [3.63, 3.8) is 0 Å². The first kappa shape index (κ1) is 13.0. The minimum Gasteiger partial charge on any atom is -0.324 e. The maximum absolute atomic E-state index is 11.7. The molecule has 16 heavy (non-hydrogen) atoms. The van der Waals surface area contributed by atoms with E-state index in [9.17, 15) is 4.79 Å². The van der Waals surface area contributed by atoms with Crippen molar-refractivity contribution in [3.05, 3.63) is 29.8 Å². The molecule has 1 aliphatic rings. The Bertz CT molecular complexity index is 388. The molecule has 1 fully saturated rings. The van der Waals surface area contributed by atoms with Crippen molar-refractivity contribution in [2.45, 2.75) is 31.7 Å². The van der Waals surface area contributed by atoms with Crippen LogP contribution in [0.5, 0.6) is 0 Å². The maximum Gasteiger partial charge on any atom is 0.244 e. The summed E-state index contributed by atoms with van der Waals surface area (Å²) in [7, 11) is 0. The average Bonchev–Trinajstić information content (AvgIpc) is 2.98. The molecule has 0 bridgehead atoms. The molecule has 4 heteroatoms. The van der Waals surface area contributed by atoms with E-state index in [-0.39, 0.29) is 18.3 Å². The Labute approximate surface area is 102 Å². The van der Waals surface area contributed by atoms with Crippen LogP contribution in [0.1, 0.15) is 25.3 Å². The highest BCUT2D eigenvalue weighted by atomic mass is 35.5. The van der Waals surface area contributed by atoms with Gasteiger partial charge in [0.1, 0.15) is 0 Å². The van der Waals surface area contributed by atoms with Gasteiger partial charge in [-0.25, -0.2) is 0 Å². The average molecular weight is 241 g/mol. The molecule has 0 spiro atoms. The number of benzene rings is 1. The molecule has 1 aromatic carbocycles. The van der Waals surface area contributed by atoms with Crippen LogP contribution in [0.25, 0.3) is 0 Å². The van der Waals surface area contributed by atoms with Gasteiger partial charge in [-0.05, 0) is 37.0 Å². The van der Waals surface area contributed by atoms with Gasteiger partial charge in [-0.15, -0.1) is 12.4 Å². The summed E-state index contributed by atoms with van der Waals surface area (Å²) in [6.45, 7) is 2.09. The zero-order chi connectivity index (χ0) is 10.9. The monoisotopic (exact) mass is 240 g/mol. The molecule has 0 radical (unpaired) electrons. The van der Waals surface area contributed by atoms with Crippen molar-refractivity contribution in [2.75, 3.05) is 5.32 Å². The van der Waals surface area contributed by atoms with Crippen molar-refractivity contribution < 1.29 is 4.79 Å². The SMILES string of the molecule is CCc1cccc(NC(=O)C2(N)CC2)c1.Cl. The Kier molecular flexibility index (Phi) is 3.94. The molecule has 1 aliphatic carbocycles. The number of carbonyl (C=O) groups excluding carboxylic acids is 1. The van der Waals surface area contributed by atoms with Gasteiger partial charge in [-0.1, -0.05) is 19.1 Å². The van der Waals surface area contributed by atoms with E-state index in [2.05, 4.69) is 12.2 Å². The number of anilines is 1. The van der Waals surface area contributed by atoms with E-state index in [0.717, 1.165) is 24.9 Å². The van der Waals surface area contributed by atoms with Crippen LogP contribution in [0.15, 0.2) is 24.3 Å². The lowest BCUT2D eigenvalue weighted by atomic mass is 10.1. The first-order valence-corrected chi connectivity index (χ1v) is 5.33. The molecule has 0 aliphatic heterocycles. The summed E-state index contributed by atoms with van der Waals surface area (Å²) in [5.74, 6) is -0.0595. The minimum absolute atomic E-state index is 0. The van der Waals surface area contributed by atoms with Crippen LogP contribution in [0.2, 0.25) is 0 Å². The minimum atomic E-state index is -0.595. The first-order valence-electron chi connectivity index (χ1n) is 5.33. The van der Waals surface area contributed by atoms with Gasteiger partial charge in [0.25, 0.3) is 0 Å². The van der Waals surface area contributed by atoms with Crippen LogP contribution >= 0.6 is 12.4 Å². The number of hydrogen-bond donors (Lipinski definition) is 2. The molecule has 1 aromatic rings. The quantitative estimate of drug-likeness (QED) is 0.850. The van der Waals surface area contributed by atoms with E-state index in [1.807, 2.05) is 24.3 Å². The Morgan fingerprint density at radius 3 is 2.75 bits per heavy atom. The highest BCUT2D eigenvalue weighted by Crippen LogP contribution is 2.33. The van der Waals surface area contributed by atoms with Gasteiger partial charge in [0.2, 0.25) is 5.91 Å². The molecule has 3 nitrogen and oxygen atoms in total. The Morgan fingerprint density at radius 1 is 1.50 bits per heavy atom. The molecule has 2 rings (SSSR count). The van der Waals surface area contributed by atoms with Crippen LogP contribution < -0.4 is 11.1 Å². The van der Waals surface area contributed by atoms with E-state index in [1.165, 1.54) is 5.56 Å².